The zero-order valence-electron chi connectivity index (χ0n) is 13.3. The molecule has 0 aliphatic heterocycles. The maximum atomic E-state index is 14.4. The molecule has 3 rings (SSSR count). The molecule has 0 fully saturated rings. The van der Waals surface area contributed by atoms with Crippen LogP contribution in [0, 0.1) is 11.2 Å². The molecular formula is C18H20FNO2S. The van der Waals surface area contributed by atoms with Crippen LogP contribution in [0.1, 0.15) is 46.6 Å². The number of carboxylic acid groups (broad SMARTS) is 1. The Balaban J connectivity index is 2.27. The molecule has 0 atom stereocenters. The third-order valence-corrected chi connectivity index (χ3v) is 5.84. The minimum atomic E-state index is -0.985. The molecule has 3 nitrogen and oxygen atoms in total. The summed E-state index contributed by atoms with van der Waals surface area (Å²) in [7, 11) is 0. The first kappa shape index (κ1) is 16.1. The second-order valence-corrected chi connectivity index (χ2v) is 7.94. The van der Waals surface area contributed by atoms with Gasteiger partial charge in [0, 0.05) is 17.0 Å². The Morgan fingerprint density at radius 3 is 2.83 bits per heavy atom. The van der Waals surface area contributed by atoms with Crippen molar-refractivity contribution < 1.29 is 14.3 Å². The van der Waals surface area contributed by atoms with Crippen molar-refractivity contribution in [2.24, 2.45) is 11.1 Å². The Labute approximate surface area is 139 Å². The molecule has 0 radical (unpaired) electrons. The van der Waals surface area contributed by atoms with Gasteiger partial charge in [-0.2, -0.15) is 0 Å². The SMILES string of the molecule is CC1(C)CCc2sc(-c3c(F)cccc3CN)c(C(=O)O)c2C1. The standard InChI is InChI=1S/C18H20FNO2S/c1-18(2)7-6-13-11(8-18)15(17(21)22)16(23-13)14-10(9-20)4-3-5-12(14)19/h3-5H,6-9,20H2,1-2H3,(H,21,22). The van der Waals surface area contributed by atoms with Crippen LogP contribution in [0.15, 0.2) is 18.2 Å². The summed E-state index contributed by atoms with van der Waals surface area (Å²) in [5, 5.41) is 9.75. The second kappa shape index (κ2) is 5.73. The predicted molar refractivity (Wildman–Crippen MR) is 90.4 cm³/mol. The van der Waals surface area contributed by atoms with Gasteiger partial charge in [-0.1, -0.05) is 26.0 Å². The molecule has 0 amide bonds. The smallest absolute Gasteiger partial charge is 0.337 e. The monoisotopic (exact) mass is 333 g/mol. The number of benzene rings is 1. The fourth-order valence-electron chi connectivity index (χ4n) is 3.32. The molecule has 0 spiro atoms. The summed E-state index contributed by atoms with van der Waals surface area (Å²) in [5.41, 5.74) is 7.94. The minimum Gasteiger partial charge on any atom is -0.478 e. The lowest BCUT2D eigenvalue weighted by Crippen LogP contribution is -2.22. The van der Waals surface area contributed by atoms with Gasteiger partial charge in [0.25, 0.3) is 0 Å². The molecule has 23 heavy (non-hydrogen) atoms. The lowest BCUT2D eigenvalue weighted by atomic mass is 9.76. The van der Waals surface area contributed by atoms with Gasteiger partial charge in [0.2, 0.25) is 0 Å². The number of aryl methyl sites for hydroxylation is 1. The van der Waals surface area contributed by atoms with Gasteiger partial charge in [0.05, 0.1) is 10.4 Å². The van der Waals surface area contributed by atoms with E-state index in [4.69, 9.17) is 5.73 Å². The van der Waals surface area contributed by atoms with Crippen LogP contribution < -0.4 is 5.73 Å². The Morgan fingerprint density at radius 2 is 2.17 bits per heavy atom. The van der Waals surface area contributed by atoms with Crippen molar-refractivity contribution in [2.75, 3.05) is 0 Å². The molecule has 0 bridgehead atoms. The fraction of sp³-hybridized carbons (Fsp3) is 0.389. The van der Waals surface area contributed by atoms with Gasteiger partial charge in [0.1, 0.15) is 5.82 Å². The van der Waals surface area contributed by atoms with E-state index in [1.807, 2.05) is 0 Å². The van der Waals surface area contributed by atoms with Crippen LogP contribution in [0.25, 0.3) is 10.4 Å². The Kier molecular flexibility index (Phi) is 4.02. The van der Waals surface area contributed by atoms with Crippen LogP contribution in [0.3, 0.4) is 0 Å². The number of thiophene rings is 1. The lowest BCUT2D eigenvalue weighted by molar-refractivity contribution is 0.0696. The third kappa shape index (κ3) is 2.79. The normalized spacial score (nSPS) is 16.2. The van der Waals surface area contributed by atoms with Gasteiger partial charge in [-0.25, -0.2) is 9.18 Å². The average molecular weight is 333 g/mol. The number of halogens is 1. The molecule has 1 heterocycles. The van der Waals surface area contributed by atoms with E-state index in [1.165, 1.54) is 17.4 Å². The second-order valence-electron chi connectivity index (χ2n) is 6.83. The highest BCUT2D eigenvalue weighted by atomic mass is 32.1. The summed E-state index contributed by atoms with van der Waals surface area (Å²) in [6.45, 7) is 4.47. The van der Waals surface area contributed by atoms with Gasteiger partial charge in [-0.15, -0.1) is 11.3 Å². The van der Waals surface area contributed by atoms with E-state index in [-0.39, 0.29) is 17.5 Å². The predicted octanol–water partition coefficient (Wildman–Crippen LogP) is 4.23. The molecule has 2 aromatic rings. The molecule has 1 aromatic heterocycles. The minimum absolute atomic E-state index is 0.0709. The van der Waals surface area contributed by atoms with Crippen molar-refractivity contribution in [1.82, 2.24) is 0 Å². The molecule has 0 saturated heterocycles. The number of hydrogen-bond acceptors (Lipinski definition) is 3. The van der Waals surface area contributed by atoms with Crippen LogP contribution in [-0.4, -0.2) is 11.1 Å². The number of nitrogens with two attached hydrogens (primary N) is 1. The summed E-state index contributed by atoms with van der Waals surface area (Å²) in [6, 6.07) is 4.73. The van der Waals surface area contributed by atoms with Gasteiger partial charge in [-0.3, -0.25) is 0 Å². The van der Waals surface area contributed by atoms with Crippen molar-refractivity contribution in [3.05, 3.63) is 45.6 Å². The molecular weight excluding hydrogens is 313 g/mol. The number of hydrogen-bond donors (Lipinski definition) is 2. The number of rotatable bonds is 3. The molecule has 0 saturated carbocycles. The van der Waals surface area contributed by atoms with Crippen molar-refractivity contribution in [3.8, 4) is 10.4 Å². The summed E-state index contributed by atoms with van der Waals surface area (Å²) in [6.07, 6.45) is 2.58. The van der Waals surface area contributed by atoms with Crippen molar-refractivity contribution in [3.63, 3.8) is 0 Å². The van der Waals surface area contributed by atoms with Crippen LogP contribution in [0.5, 0.6) is 0 Å². The lowest BCUT2D eigenvalue weighted by Gasteiger charge is -2.29. The highest BCUT2D eigenvalue weighted by Crippen LogP contribution is 2.46. The number of fused-ring (bicyclic) bond motifs is 1. The Morgan fingerprint density at radius 1 is 1.43 bits per heavy atom. The van der Waals surface area contributed by atoms with Crippen molar-refractivity contribution in [2.45, 2.75) is 39.7 Å². The summed E-state index contributed by atoms with van der Waals surface area (Å²) < 4.78 is 14.4. The maximum Gasteiger partial charge on any atom is 0.337 e. The van der Waals surface area contributed by atoms with E-state index < -0.39 is 11.8 Å². The highest BCUT2D eigenvalue weighted by Gasteiger charge is 2.33. The van der Waals surface area contributed by atoms with Gasteiger partial charge < -0.3 is 10.8 Å². The van der Waals surface area contributed by atoms with E-state index in [9.17, 15) is 14.3 Å². The fourth-order valence-corrected chi connectivity index (χ4v) is 4.71. The number of aromatic carboxylic acids is 1. The summed E-state index contributed by atoms with van der Waals surface area (Å²) >= 11 is 1.41. The van der Waals surface area contributed by atoms with Gasteiger partial charge in [0.15, 0.2) is 0 Å². The van der Waals surface area contributed by atoms with Gasteiger partial charge >= 0.3 is 5.97 Å². The van der Waals surface area contributed by atoms with E-state index in [1.54, 1.807) is 12.1 Å². The molecule has 0 unspecified atom stereocenters. The molecule has 3 N–H and O–H groups in total. The Bertz CT molecular complexity index is 780. The largest absolute Gasteiger partial charge is 0.478 e. The first-order chi connectivity index (χ1) is 10.8. The van der Waals surface area contributed by atoms with Crippen LogP contribution >= 0.6 is 11.3 Å². The molecule has 1 aromatic carbocycles. The summed E-state index contributed by atoms with van der Waals surface area (Å²) in [4.78, 5) is 13.5. The highest BCUT2D eigenvalue weighted by molar-refractivity contribution is 7.16. The van der Waals surface area contributed by atoms with Gasteiger partial charge in [-0.05, 0) is 41.9 Å². The number of carboxylic acids is 1. The first-order valence-corrected chi connectivity index (χ1v) is 8.51. The van der Waals surface area contributed by atoms with Crippen molar-refractivity contribution in [1.29, 1.82) is 0 Å². The first-order valence-electron chi connectivity index (χ1n) is 7.69. The van der Waals surface area contributed by atoms with Crippen LogP contribution in [0.4, 0.5) is 4.39 Å². The van der Waals surface area contributed by atoms with Crippen LogP contribution in [0.2, 0.25) is 0 Å². The average Bonchev–Trinajstić information content (AvgIpc) is 2.83. The van der Waals surface area contributed by atoms with E-state index >= 15 is 0 Å². The molecule has 1 aliphatic rings. The molecule has 5 heteroatoms. The zero-order valence-corrected chi connectivity index (χ0v) is 14.1. The van der Waals surface area contributed by atoms with Crippen LogP contribution in [-0.2, 0) is 19.4 Å². The Hall–Kier alpha value is -1.72. The van der Waals surface area contributed by atoms with E-state index in [0.29, 0.717) is 22.4 Å². The molecule has 1 aliphatic carbocycles. The van der Waals surface area contributed by atoms with E-state index in [2.05, 4.69) is 13.8 Å². The quantitative estimate of drug-likeness (QED) is 0.883. The topological polar surface area (TPSA) is 63.3 Å². The number of carbonyl (C=O) groups is 1. The zero-order chi connectivity index (χ0) is 16.8. The summed E-state index contributed by atoms with van der Waals surface area (Å²) in [5.74, 6) is -1.39. The maximum absolute atomic E-state index is 14.4. The molecule has 122 valence electrons. The van der Waals surface area contributed by atoms with Crippen molar-refractivity contribution >= 4 is 17.3 Å². The third-order valence-electron chi connectivity index (χ3n) is 4.54. The van der Waals surface area contributed by atoms with E-state index in [0.717, 1.165) is 23.3 Å².